The fraction of sp³-hybridized carbons (Fsp3) is 0.545. The first-order valence-electron chi connectivity index (χ1n) is 11.0. The molecule has 1 aromatic carbocycles. The molecule has 1 aromatic heterocycles. The van der Waals surface area contributed by atoms with Gasteiger partial charge >= 0.3 is 0 Å². The van der Waals surface area contributed by atoms with Crippen LogP contribution in [0.5, 0.6) is 0 Å². The van der Waals surface area contributed by atoms with E-state index < -0.39 is 0 Å². The number of nitrogens with zero attached hydrogens (tertiary/aromatic N) is 4. The van der Waals surface area contributed by atoms with Gasteiger partial charge in [-0.15, -0.1) is 0 Å². The lowest BCUT2D eigenvalue weighted by Gasteiger charge is -2.29. The van der Waals surface area contributed by atoms with E-state index in [1.807, 2.05) is 30.3 Å². The zero-order valence-corrected chi connectivity index (χ0v) is 18.7. The minimum atomic E-state index is 0.0367. The number of amides is 1. The van der Waals surface area contributed by atoms with E-state index in [0.29, 0.717) is 41.9 Å². The van der Waals surface area contributed by atoms with Gasteiger partial charge in [0.05, 0.1) is 19.0 Å². The number of nitrogens with one attached hydrogen (secondary N) is 2. The number of thioether (sulfide) groups is 1. The van der Waals surface area contributed by atoms with E-state index in [4.69, 9.17) is 4.74 Å². The number of para-hydroxylation sites is 1. The number of anilines is 3. The van der Waals surface area contributed by atoms with Crippen molar-refractivity contribution >= 4 is 35.3 Å². The second-order valence-electron chi connectivity index (χ2n) is 8.06. The molecule has 0 radical (unpaired) electrons. The lowest BCUT2D eigenvalue weighted by atomic mass is 9.86. The number of rotatable bonds is 7. The van der Waals surface area contributed by atoms with Crippen LogP contribution in [0.4, 0.5) is 17.6 Å². The molecule has 1 saturated carbocycles. The number of carbonyl (C=O) groups excluding carboxylic acids is 1. The lowest BCUT2D eigenvalue weighted by Crippen LogP contribution is -2.41. The SMILES string of the molecule is CC1CCCCC1NC(=O)CSc1nc(Nc2ccccc2)nc(N2CCOCC2)n1. The van der Waals surface area contributed by atoms with E-state index in [0.717, 1.165) is 25.2 Å². The van der Waals surface area contributed by atoms with Crippen molar-refractivity contribution in [3.05, 3.63) is 30.3 Å². The van der Waals surface area contributed by atoms with E-state index >= 15 is 0 Å². The maximum absolute atomic E-state index is 12.5. The summed E-state index contributed by atoms with van der Waals surface area (Å²) < 4.78 is 5.45. The summed E-state index contributed by atoms with van der Waals surface area (Å²) in [5.41, 5.74) is 0.904. The number of hydrogen-bond acceptors (Lipinski definition) is 8. The van der Waals surface area contributed by atoms with Crippen LogP contribution in [0.3, 0.4) is 0 Å². The molecule has 0 spiro atoms. The third kappa shape index (κ3) is 6.30. The van der Waals surface area contributed by atoms with Gasteiger partial charge in [-0.1, -0.05) is 49.7 Å². The van der Waals surface area contributed by atoms with Gasteiger partial charge in [-0.25, -0.2) is 0 Å². The minimum Gasteiger partial charge on any atom is -0.378 e. The largest absolute Gasteiger partial charge is 0.378 e. The third-order valence-corrected chi connectivity index (χ3v) is 6.56. The first-order valence-corrected chi connectivity index (χ1v) is 12.0. The average Bonchev–Trinajstić information content (AvgIpc) is 2.80. The summed E-state index contributed by atoms with van der Waals surface area (Å²) in [6.45, 7) is 4.99. The first-order chi connectivity index (χ1) is 15.2. The van der Waals surface area contributed by atoms with Crippen molar-refractivity contribution in [1.29, 1.82) is 0 Å². The Bertz CT molecular complexity index is 862. The van der Waals surface area contributed by atoms with Crippen molar-refractivity contribution < 1.29 is 9.53 Å². The second-order valence-corrected chi connectivity index (χ2v) is 9.00. The van der Waals surface area contributed by atoms with Crippen molar-refractivity contribution in [2.24, 2.45) is 5.92 Å². The molecule has 4 rings (SSSR count). The standard InChI is InChI=1S/C22H30N6O2S/c1-16-7-5-6-10-18(16)24-19(29)15-31-22-26-20(23-17-8-3-2-4-9-17)25-21(27-22)28-11-13-30-14-12-28/h2-4,8-9,16,18H,5-7,10-15H2,1H3,(H,24,29)(H,23,25,26,27). The van der Waals surface area contributed by atoms with Gasteiger partial charge in [-0.3, -0.25) is 4.79 Å². The molecule has 1 aliphatic heterocycles. The van der Waals surface area contributed by atoms with Gasteiger partial charge in [0.1, 0.15) is 0 Å². The summed E-state index contributed by atoms with van der Waals surface area (Å²) in [5.74, 6) is 1.96. The zero-order valence-electron chi connectivity index (χ0n) is 17.9. The van der Waals surface area contributed by atoms with Gasteiger partial charge in [-0.05, 0) is 30.9 Å². The number of morpholine rings is 1. The summed E-state index contributed by atoms with van der Waals surface area (Å²) >= 11 is 1.35. The Morgan fingerprint density at radius 3 is 2.68 bits per heavy atom. The summed E-state index contributed by atoms with van der Waals surface area (Å²) in [7, 11) is 0. The van der Waals surface area contributed by atoms with Gasteiger partial charge in [0.15, 0.2) is 5.16 Å². The fourth-order valence-corrected chi connectivity index (χ4v) is 4.57. The van der Waals surface area contributed by atoms with Crippen LogP contribution >= 0.6 is 11.8 Å². The van der Waals surface area contributed by atoms with E-state index in [1.54, 1.807) is 0 Å². The Hall–Kier alpha value is -2.39. The highest BCUT2D eigenvalue weighted by atomic mass is 32.2. The van der Waals surface area contributed by atoms with Gasteiger partial charge < -0.3 is 20.3 Å². The fourth-order valence-electron chi connectivity index (χ4n) is 3.93. The van der Waals surface area contributed by atoms with Crippen LogP contribution in [0, 0.1) is 5.92 Å². The number of hydrogen-bond donors (Lipinski definition) is 2. The van der Waals surface area contributed by atoms with Gasteiger partial charge in [0.25, 0.3) is 0 Å². The molecule has 2 heterocycles. The number of carbonyl (C=O) groups is 1. The molecular weight excluding hydrogens is 412 g/mol. The summed E-state index contributed by atoms with van der Waals surface area (Å²) in [6, 6.07) is 10.1. The Balaban J connectivity index is 1.44. The van der Waals surface area contributed by atoms with Crippen molar-refractivity contribution in [3.63, 3.8) is 0 Å². The van der Waals surface area contributed by atoms with Gasteiger partial charge in [-0.2, -0.15) is 15.0 Å². The molecule has 9 heteroatoms. The van der Waals surface area contributed by atoms with Crippen LogP contribution < -0.4 is 15.5 Å². The molecule has 2 unspecified atom stereocenters. The molecule has 2 aromatic rings. The van der Waals surface area contributed by atoms with Crippen LogP contribution in [0.25, 0.3) is 0 Å². The highest BCUT2D eigenvalue weighted by Gasteiger charge is 2.23. The Kier molecular flexibility index (Phi) is 7.58. The minimum absolute atomic E-state index is 0.0367. The Morgan fingerprint density at radius 2 is 1.90 bits per heavy atom. The van der Waals surface area contributed by atoms with Crippen molar-refractivity contribution in [1.82, 2.24) is 20.3 Å². The molecule has 31 heavy (non-hydrogen) atoms. The summed E-state index contributed by atoms with van der Waals surface area (Å²) in [5, 5.41) is 6.99. The molecule has 1 aliphatic carbocycles. The molecule has 166 valence electrons. The normalized spacial score (nSPS) is 21.5. The van der Waals surface area contributed by atoms with Crippen molar-refractivity contribution in [2.45, 2.75) is 43.8 Å². The molecule has 2 atom stereocenters. The number of ether oxygens (including phenoxy) is 1. The molecule has 1 saturated heterocycles. The Morgan fingerprint density at radius 1 is 1.13 bits per heavy atom. The van der Waals surface area contributed by atoms with E-state index in [2.05, 4.69) is 37.4 Å². The predicted octanol–water partition coefficient (Wildman–Crippen LogP) is 3.24. The quantitative estimate of drug-likeness (QED) is 0.632. The zero-order chi connectivity index (χ0) is 21.5. The maximum Gasteiger partial charge on any atom is 0.233 e. The average molecular weight is 443 g/mol. The van der Waals surface area contributed by atoms with Gasteiger partial charge in [0.2, 0.25) is 17.8 Å². The van der Waals surface area contributed by atoms with E-state index in [1.165, 1.54) is 31.0 Å². The first kappa shape index (κ1) is 21.8. The van der Waals surface area contributed by atoms with Crippen molar-refractivity contribution in [2.75, 3.05) is 42.3 Å². The van der Waals surface area contributed by atoms with Crippen LogP contribution in [0.15, 0.2) is 35.5 Å². The predicted molar refractivity (Wildman–Crippen MR) is 123 cm³/mol. The highest BCUT2D eigenvalue weighted by Crippen LogP contribution is 2.25. The highest BCUT2D eigenvalue weighted by molar-refractivity contribution is 7.99. The van der Waals surface area contributed by atoms with Crippen LogP contribution in [0.1, 0.15) is 32.6 Å². The lowest BCUT2D eigenvalue weighted by molar-refractivity contribution is -0.119. The molecule has 8 nitrogen and oxygen atoms in total. The second kappa shape index (κ2) is 10.8. The maximum atomic E-state index is 12.5. The van der Waals surface area contributed by atoms with E-state index in [-0.39, 0.29) is 11.9 Å². The molecule has 1 amide bonds. The van der Waals surface area contributed by atoms with E-state index in [9.17, 15) is 4.79 Å². The Labute approximate surface area is 187 Å². The number of benzene rings is 1. The topological polar surface area (TPSA) is 92.3 Å². The molecule has 2 fully saturated rings. The molecule has 2 N–H and O–H groups in total. The third-order valence-electron chi connectivity index (χ3n) is 5.72. The summed E-state index contributed by atoms with van der Waals surface area (Å²) in [6.07, 6.45) is 4.70. The van der Waals surface area contributed by atoms with Crippen LogP contribution in [-0.2, 0) is 9.53 Å². The monoisotopic (exact) mass is 442 g/mol. The van der Waals surface area contributed by atoms with Crippen LogP contribution in [-0.4, -0.2) is 59.0 Å². The molecular formula is C22H30N6O2S. The van der Waals surface area contributed by atoms with Crippen LogP contribution in [0.2, 0.25) is 0 Å². The smallest absolute Gasteiger partial charge is 0.233 e. The summed E-state index contributed by atoms with van der Waals surface area (Å²) in [4.78, 5) is 28.4. The van der Waals surface area contributed by atoms with Crippen molar-refractivity contribution in [3.8, 4) is 0 Å². The molecule has 2 aliphatic rings. The molecule has 0 bridgehead atoms. The van der Waals surface area contributed by atoms with Gasteiger partial charge in [0, 0.05) is 24.8 Å². The number of aromatic nitrogens is 3.